The van der Waals surface area contributed by atoms with Crippen LogP contribution in [0.1, 0.15) is 57.8 Å². The van der Waals surface area contributed by atoms with Crippen LogP contribution in [0.15, 0.2) is 0 Å². The highest BCUT2D eigenvalue weighted by Gasteiger charge is 2.28. The number of aliphatic carboxylic acids is 1. The molecule has 1 saturated carbocycles. The molecule has 1 aliphatic heterocycles. The minimum Gasteiger partial charge on any atom is -0.481 e. The third-order valence-electron chi connectivity index (χ3n) is 4.39. The molecule has 2 aliphatic rings. The van der Waals surface area contributed by atoms with E-state index in [2.05, 4.69) is 4.90 Å². The molecule has 2 rings (SSSR count). The van der Waals surface area contributed by atoms with Gasteiger partial charge in [0.05, 0.1) is 5.92 Å². The summed E-state index contributed by atoms with van der Waals surface area (Å²) in [6.07, 6.45) is 11.1. The van der Waals surface area contributed by atoms with Crippen LogP contribution in [0, 0.1) is 5.92 Å². The third kappa shape index (κ3) is 4.43. The summed E-state index contributed by atoms with van der Waals surface area (Å²) < 4.78 is 0. The fraction of sp³-hybridized carbons (Fsp3) is 0.929. The molecule has 2 fully saturated rings. The highest BCUT2D eigenvalue weighted by atomic mass is 35.5. The van der Waals surface area contributed by atoms with Crippen molar-refractivity contribution in [2.75, 3.05) is 13.1 Å². The SMILES string of the molecule is Cl.O=C(O)[C@@H]1CCCCN(C2CCCCCC2)C1. The zero-order chi connectivity index (χ0) is 12.1. The molecule has 0 aromatic heterocycles. The molecule has 0 aromatic rings. The van der Waals surface area contributed by atoms with Crippen LogP contribution in [0.2, 0.25) is 0 Å². The Kier molecular flexibility index (Phi) is 7.02. The van der Waals surface area contributed by atoms with E-state index < -0.39 is 5.97 Å². The molecule has 1 heterocycles. The second kappa shape index (κ2) is 8.00. The first-order chi connectivity index (χ1) is 8.27. The summed E-state index contributed by atoms with van der Waals surface area (Å²) in [7, 11) is 0. The summed E-state index contributed by atoms with van der Waals surface area (Å²) in [5, 5.41) is 9.21. The normalized spacial score (nSPS) is 27.9. The van der Waals surface area contributed by atoms with E-state index in [1.54, 1.807) is 0 Å². The Morgan fingerprint density at radius 2 is 1.56 bits per heavy atom. The summed E-state index contributed by atoms with van der Waals surface area (Å²) in [5.41, 5.74) is 0. The van der Waals surface area contributed by atoms with Crippen molar-refractivity contribution in [3.05, 3.63) is 0 Å². The minimum absolute atomic E-state index is 0. The van der Waals surface area contributed by atoms with Crippen LogP contribution in [0.25, 0.3) is 0 Å². The number of carbonyl (C=O) groups is 1. The lowest BCUT2D eigenvalue weighted by molar-refractivity contribution is -0.142. The number of halogens is 1. The topological polar surface area (TPSA) is 40.5 Å². The largest absolute Gasteiger partial charge is 0.481 e. The number of hydrogen-bond donors (Lipinski definition) is 1. The predicted octanol–water partition coefficient (Wildman–Crippen LogP) is 3.32. The van der Waals surface area contributed by atoms with Crippen molar-refractivity contribution in [1.82, 2.24) is 4.90 Å². The van der Waals surface area contributed by atoms with Gasteiger partial charge in [-0.2, -0.15) is 0 Å². The van der Waals surface area contributed by atoms with Crippen molar-refractivity contribution in [2.45, 2.75) is 63.8 Å². The molecule has 0 bridgehead atoms. The minimum atomic E-state index is -0.592. The highest BCUT2D eigenvalue weighted by molar-refractivity contribution is 5.85. The standard InChI is InChI=1S/C14H25NO2.ClH/c16-14(17)12-7-5-6-10-15(11-12)13-8-3-1-2-4-9-13;/h12-13H,1-11H2,(H,16,17);1H/t12-;/m1./s1. The van der Waals surface area contributed by atoms with E-state index in [1.165, 1.54) is 44.9 Å². The van der Waals surface area contributed by atoms with Gasteiger partial charge in [0.1, 0.15) is 0 Å². The maximum Gasteiger partial charge on any atom is 0.307 e. The van der Waals surface area contributed by atoms with Crippen LogP contribution in [0.5, 0.6) is 0 Å². The van der Waals surface area contributed by atoms with Gasteiger partial charge in [0.15, 0.2) is 0 Å². The van der Waals surface area contributed by atoms with Crippen LogP contribution in [0.4, 0.5) is 0 Å². The van der Waals surface area contributed by atoms with Gasteiger partial charge in [-0.05, 0) is 32.2 Å². The zero-order valence-corrected chi connectivity index (χ0v) is 12.0. The van der Waals surface area contributed by atoms with E-state index in [4.69, 9.17) is 0 Å². The molecule has 0 amide bonds. The molecule has 1 atom stereocenters. The summed E-state index contributed by atoms with van der Waals surface area (Å²) in [6.45, 7) is 1.91. The van der Waals surface area contributed by atoms with E-state index in [1.807, 2.05) is 0 Å². The fourth-order valence-corrected chi connectivity index (χ4v) is 3.33. The monoisotopic (exact) mass is 275 g/mol. The van der Waals surface area contributed by atoms with Crippen LogP contribution < -0.4 is 0 Å². The van der Waals surface area contributed by atoms with Gasteiger partial charge >= 0.3 is 5.97 Å². The summed E-state index contributed by atoms with van der Waals surface area (Å²) in [6, 6.07) is 0.664. The summed E-state index contributed by atoms with van der Waals surface area (Å²) in [5.74, 6) is -0.716. The molecule has 1 aliphatic carbocycles. The number of rotatable bonds is 2. The lowest BCUT2D eigenvalue weighted by Gasteiger charge is -2.31. The number of carboxylic acids is 1. The first-order valence-electron chi connectivity index (χ1n) is 7.24. The summed E-state index contributed by atoms with van der Waals surface area (Å²) in [4.78, 5) is 13.7. The lowest BCUT2D eigenvalue weighted by atomic mass is 10.0. The van der Waals surface area contributed by atoms with Crippen molar-refractivity contribution < 1.29 is 9.90 Å². The Bertz CT molecular complexity index is 252. The molecular weight excluding hydrogens is 250 g/mol. The van der Waals surface area contributed by atoms with Crippen LogP contribution in [0.3, 0.4) is 0 Å². The first-order valence-corrected chi connectivity index (χ1v) is 7.24. The van der Waals surface area contributed by atoms with Gasteiger partial charge in [0.2, 0.25) is 0 Å². The van der Waals surface area contributed by atoms with Gasteiger partial charge in [-0.25, -0.2) is 0 Å². The molecule has 0 aromatic carbocycles. The molecule has 106 valence electrons. The molecule has 1 N–H and O–H groups in total. The second-order valence-electron chi connectivity index (χ2n) is 5.67. The number of hydrogen-bond acceptors (Lipinski definition) is 2. The van der Waals surface area contributed by atoms with Gasteiger partial charge in [-0.3, -0.25) is 9.69 Å². The Morgan fingerprint density at radius 3 is 2.17 bits per heavy atom. The molecule has 3 nitrogen and oxygen atoms in total. The number of carboxylic acid groups (broad SMARTS) is 1. The van der Waals surface area contributed by atoms with Crippen molar-refractivity contribution in [3.8, 4) is 0 Å². The smallest absolute Gasteiger partial charge is 0.307 e. The van der Waals surface area contributed by atoms with Crippen molar-refractivity contribution in [3.63, 3.8) is 0 Å². The van der Waals surface area contributed by atoms with E-state index in [9.17, 15) is 9.90 Å². The molecular formula is C14H26ClNO2. The Hall–Kier alpha value is -0.280. The van der Waals surface area contributed by atoms with E-state index in [-0.39, 0.29) is 18.3 Å². The van der Waals surface area contributed by atoms with Crippen molar-refractivity contribution in [2.24, 2.45) is 5.92 Å². The van der Waals surface area contributed by atoms with E-state index in [0.29, 0.717) is 6.04 Å². The Labute approximate surface area is 116 Å². The maximum atomic E-state index is 11.2. The molecule has 18 heavy (non-hydrogen) atoms. The number of likely N-dealkylation sites (tertiary alicyclic amines) is 1. The molecule has 4 heteroatoms. The molecule has 0 unspecified atom stereocenters. The van der Waals surface area contributed by atoms with Gasteiger partial charge in [-0.15, -0.1) is 12.4 Å². The highest BCUT2D eigenvalue weighted by Crippen LogP contribution is 2.26. The number of nitrogens with zero attached hydrogens (tertiary/aromatic N) is 1. The average molecular weight is 276 g/mol. The maximum absolute atomic E-state index is 11.2. The summed E-state index contributed by atoms with van der Waals surface area (Å²) >= 11 is 0. The lowest BCUT2D eigenvalue weighted by Crippen LogP contribution is -2.39. The van der Waals surface area contributed by atoms with Crippen LogP contribution in [-0.2, 0) is 4.79 Å². The van der Waals surface area contributed by atoms with E-state index >= 15 is 0 Å². The van der Waals surface area contributed by atoms with Crippen molar-refractivity contribution in [1.29, 1.82) is 0 Å². The van der Waals surface area contributed by atoms with Gasteiger partial charge in [0, 0.05) is 12.6 Å². The second-order valence-corrected chi connectivity index (χ2v) is 5.67. The van der Waals surface area contributed by atoms with Crippen LogP contribution in [-0.4, -0.2) is 35.1 Å². The quantitative estimate of drug-likeness (QED) is 0.786. The zero-order valence-electron chi connectivity index (χ0n) is 11.1. The molecule has 0 spiro atoms. The Morgan fingerprint density at radius 1 is 0.944 bits per heavy atom. The predicted molar refractivity (Wildman–Crippen MR) is 75.3 cm³/mol. The average Bonchev–Trinajstić information content (AvgIpc) is 2.71. The molecule has 0 radical (unpaired) electrons. The first kappa shape index (κ1) is 15.8. The van der Waals surface area contributed by atoms with Gasteiger partial charge < -0.3 is 5.11 Å². The third-order valence-corrected chi connectivity index (χ3v) is 4.39. The Balaban J connectivity index is 0.00000162. The van der Waals surface area contributed by atoms with E-state index in [0.717, 1.165) is 25.9 Å². The van der Waals surface area contributed by atoms with Gasteiger partial charge in [-0.1, -0.05) is 32.1 Å². The van der Waals surface area contributed by atoms with Crippen molar-refractivity contribution >= 4 is 18.4 Å². The molecule has 1 saturated heterocycles. The van der Waals surface area contributed by atoms with Gasteiger partial charge in [0.25, 0.3) is 0 Å². The fourth-order valence-electron chi connectivity index (χ4n) is 3.33. The van der Waals surface area contributed by atoms with Crippen LogP contribution >= 0.6 is 12.4 Å².